The molecule has 0 radical (unpaired) electrons. The second kappa shape index (κ2) is 11.3. The van der Waals surface area contributed by atoms with Crippen LogP contribution in [-0.2, 0) is 0 Å². The van der Waals surface area contributed by atoms with Crippen LogP contribution in [0.1, 0.15) is 35.3 Å². The number of benzene rings is 3. The van der Waals surface area contributed by atoms with E-state index >= 15 is 0 Å². The maximum atomic E-state index is 14.6. The molecular formula is C27H29F3N4O2. The number of aryl methyl sites for hydroxylation is 1. The van der Waals surface area contributed by atoms with E-state index in [4.69, 9.17) is 5.73 Å². The summed E-state index contributed by atoms with van der Waals surface area (Å²) in [5, 5.41) is 13.2. The van der Waals surface area contributed by atoms with E-state index < -0.39 is 34.6 Å². The van der Waals surface area contributed by atoms with Crippen molar-refractivity contribution in [3.63, 3.8) is 0 Å². The number of aliphatic imine (C=N–C) groups is 1. The molecule has 6 nitrogen and oxygen atoms in total. The lowest BCUT2D eigenvalue weighted by atomic mass is 9.93. The second-order valence-electron chi connectivity index (χ2n) is 8.35. The number of halogens is 3. The summed E-state index contributed by atoms with van der Waals surface area (Å²) < 4.78 is 42.8. The fourth-order valence-electron chi connectivity index (χ4n) is 3.72. The first-order chi connectivity index (χ1) is 17.2. The fourth-order valence-corrected chi connectivity index (χ4v) is 3.72. The molecule has 36 heavy (non-hydrogen) atoms. The lowest BCUT2D eigenvalue weighted by Crippen LogP contribution is -2.65. The van der Waals surface area contributed by atoms with Crippen molar-refractivity contribution < 1.29 is 23.1 Å². The molecule has 0 aromatic heterocycles. The van der Waals surface area contributed by atoms with E-state index in [0.29, 0.717) is 11.1 Å². The van der Waals surface area contributed by atoms with Gasteiger partial charge in [-0.15, -0.1) is 0 Å². The highest BCUT2D eigenvalue weighted by Gasteiger charge is 2.44. The van der Waals surface area contributed by atoms with Gasteiger partial charge in [0.2, 0.25) is 0 Å². The van der Waals surface area contributed by atoms with Gasteiger partial charge in [0.25, 0.3) is 5.91 Å². The Balaban J connectivity index is 0.00000176. The Morgan fingerprint density at radius 3 is 2.36 bits per heavy atom. The zero-order valence-electron chi connectivity index (χ0n) is 20.4. The Labute approximate surface area is 208 Å². The number of rotatable bonds is 6. The first-order valence-electron chi connectivity index (χ1n) is 11.5. The standard InChI is InChI=1S/C25H23F3N4O2.C2H6/c1-15-7-10-20(19(27)11-15)31-22-17(8-9-18(26)21(22)28)24(33)32-13-25(34,14-32)12-30-23(29)16-5-3-2-4-6-16;1-2/h2-11,31,34H,12-14H2,1H3,(H2,29,30);1-2H3. The molecule has 0 aliphatic carbocycles. The van der Waals surface area contributed by atoms with Crippen LogP contribution in [-0.4, -0.2) is 47.0 Å². The summed E-state index contributed by atoms with van der Waals surface area (Å²) in [7, 11) is 0. The zero-order valence-corrected chi connectivity index (χ0v) is 20.4. The third-order valence-electron chi connectivity index (χ3n) is 5.58. The molecule has 1 amide bonds. The highest BCUT2D eigenvalue weighted by atomic mass is 19.2. The number of anilines is 2. The number of hydrogen-bond donors (Lipinski definition) is 3. The minimum absolute atomic E-state index is 0.0328. The second-order valence-corrected chi connectivity index (χ2v) is 8.35. The molecule has 1 aliphatic rings. The lowest BCUT2D eigenvalue weighted by Gasteiger charge is -2.45. The Morgan fingerprint density at radius 1 is 1.06 bits per heavy atom. The van der Waals surface area contributed by atoms with E-state index in [0.717, 1.165) is 12.1 Å². The fraction of sp³-hybridized carbons (Fsp3) is 0.259. The average molecular weight is 499 g/mol. The normalized spacial score (nSPS) is 14.4. The van der Waals surface area contributed by atoms with Gasteiger partial charge in [-0.2, -0.15) is 0 Å². The largest absolute Gasteiger partial charge is 0.384 e. The molecule has 1 saturated heterocycles. The summed E-state index contributed by atoms with van der Waals surface area (Å²) in [4.78, 5) is 18.5. The first kappa shape index (κ1) is 26.7. The number of aliphatic hydroxyl groups is 1. The summed E-state index contributed by atoms with van der Waals surface area (Å²) in [5.41, 5.74) is 5.24. The molecule has 190 valence electrons. The Kier molecular flexibility index (Phi) is 8.37. The molecule has 0 unspecified atom stereocenters. The smallest absolute Gasteiger partial charge is 0.256 e. The minimum atomic E-state index is -1.30. The molecule has 4 N–H and O–H groups in total. The predicted molar refractivity (Wildman–Crippen MR) is 135 cm³/mol. The van der Waals surface area contributed by atoms with Gasteiger partial charge in [-0.05, 0) is 36.8 Å². The Morgan fingerprint density at radius 2 is 1.72 bits per heavy atom. The van der Waals surface area contributed by atoms with Gasteiger partial charge < -0.3 is 21.1 Å². The third kappa shape index (κ3) is 5.85. The number of amides is 1. The van der Waals surface area contributed by atoms with Crippen molar-refractivity contribution in [2.24, 2.45) is 10.7 Å². The Bertz CT molecular complexity index is 1260. The van der Waals surface area contributed by atoms with Crippen molar-refractivity contribution in [3.05, 3.63) is 94.8 Å². The van der Waals surface area contributed by atoms with Gasteiger partial charge in [0, 0.05) is 5.56 Å². The summed E-state index contributed by atoms with van der Waals surface area (Å²) in [5.74, 6) is -3.54. The number of nitrogens with zero attached hydrogens (tertiary/aromatic N) is 2. The van der Waals surface area contributed by atoms with E-state index in [1.54, 1.807) is 25.1 Å². The van der Waals surface area contributed by atoms with Crippen molar-refractivity contribution in [2.45, 2.75) is 26.4 Å². The number of hydrogen-bond acceptors (Lipinski definition) is 4. The topological polar surface area (TPSA) is 91.0 Å². The molecule has 1 fully saturated rings. The van der Waals surface area contributed by atoms with Crippen LogP contribution >= 0.6 is 0 Å². The van der Waals surface area contributed by atoms with Crippen LogP contribution in [0.3, 0.4) is 0 Å². The zero-order chi connectivity index (χ0) is 26.5. The summed E-state index contributed by atoms with van der Waals surface area (Å²) >= 11 is 0. The van der Waals surface area contributed by atoms with E-state index in [1.807, 2.05) is 32.0 Å². The van der Waals surface area contributed by atoms with Crippen molar-refractivity contribution in [1.29, 1.82) is 0 Å². The van der Waals surface area contributed by atoms with E-state index in [-0.39, 0.29) is 36.7 Å². The van der Waals surface area contributed by atoms with Crippen molar-refractivity contribution in [3.8, 4) is 0 Å². The number of amidine groups is 1. The van der Waals surface area contributed by atoms with Crippen LogP contribution in [0.25, 0.3) is 0 Å². The lowest BCUT2D eigenvalue weighted by molar-refractivity contribution is -0.0730. The van der Waals surface area contributed by atoms with Crippen LogP contribution in [0.15, 0.2) is 65.7 Å². The molecule has 3 aromatic rings. The van der Waals surface area contributed by atoms with Gasteiger partial charge in [0.1, 0.15) is 17.3 Å². The van der Waals surface area contributed by atoms with Crippen LogP contribution < -0.4 is 11.1 Å². The van der Waals surface area contributed by atoms with E-state index in [2.05, 4.69) is 10.3 Å². The molecule has 0 bridgehead atoms. The van der Waals surface area contributed by atoms with Gasteiger partial charge in [-0.3, -0.25) is 9.79 Å². The van der Waals surface area contributed by atoms with Gasteiger partial charge in [-0.25, -0.2) is 13.2 Å². The van der Waals surface area contributed by atoms with Crippen LogP contribution in [0.4, 0.5) is 24.5 Å². The molecule has 1 aliphatic heterocycles. The third-order valence-corrected chi connectivity index (χ3v) is 5.58. The molecule has 1 heterocycles. The minimum Gasteiger partial charge on any atom is -0.384 e. The number of nitrogens with one attached hydrogen (secondary N) is 1. The highest BCUT2D eigenvalue weighted by molar-refractivity contribution is 6.01. The number of likely N-dealkylation sites (tertiary alicyclic amines) is 1. The SMILES string of the molecule is CC.Cc1ccc(Nc2c(C(=O)N3CC(O)(CN=C(N)c4ccccc4)C3)ccc(F)c2F)c(F)c1. The highest BCUT2D eigenvalue weighted by Crippen LogP contribution is 2.31. The van der Waals surface area contributed by atoms with Crippen LogP contribution in [0.2, 0.25) is 0 Å². The monoisotopic (exact) mass is 498 g/mol. The summed E-state index contributed by atoms with van der Waals surface area (Å²) in [6.07, 6.45) is 0. The molecular weight excluding hydrogens is 469 g/mol. The molecule has 0 saturated carbocycles. The van der Waals surface area contributed by atoms with Crippen molar-refractivity contribution >= 4 is 23.1 Å². The van der Waals surface area contributed by atoms with Gasteiger partial charge >= 0.3 is 0 Å². The van der Waals surface area contributed by atoms with Gasteiger partial charge in [0.05, 0.1) is 36.6 Å². The number of β-amino-alcohol motifs (C(OH)–C–C–N with tert-alkyl or cyclic N) is 1. The summed E-state index contributed by atoms with van der Waals surface area (Å²) in [6.45, 7) is 5.51. The summed E-state index contributed by atoms with van der Waals surface area (Å²) in [6, 6.07) is 15.2. The number of carbonyl (C=O) groups is 1. The maximum absolute atomic E-state index is 14.6. The van der Waals surface area contributed by atoms with Gasteiger partial charge in [-0.1, -0.05) is 50.2 Å². The molecule has 9 heteroatoms. The maximum Gasteiger partial charge on any atom is 0.256 e. The van der Waals surface area contributed by atoms with Crippen LogP contribution in [0.5, 0.6) is 0 Å². The molecule has 0 atom stereocenters. The quantitative estimate of drug-likeness (QED) is 0.337. The predicted octanol–water partition coefficient (Wildman–Crippen LogP) is 4.77. The molecule has 4 rings (SSSR count). The molecule has 0 spiro atoms. The average Bonchev–Trinajstić information content (AvgIpc) is 2.86. The van der Waals surface area contributed by atoms with Crippen LogP contribution in [0, 0.1) is 24.4 Å². The van der Waals surface area contributed by atoms with Crippen molar-refractivity contribution in [1.82, 2.24) is 4.90 Å². The number of nitrogens with two attached hydrogens (primary N) is 1. The van der Waals surface area contributed by atoms with E-state index in [9.17, 15) is 23.1 Å². The van der Waals surface area contributed by atoms with Gasteiger partial charge in [0.15, 0.2) is 11.6 Å². The Hall–Kier alpha value is -3.85. The van der Waals surface area contributed by atoms with Crippen molar-refractivity contribution in [2.75, 3.05) is 25.0 Å². The molecule has 3 aromatic carbocycles. The number of carbonyl (C=O) groups excluding carboxylic acids is 1. The van der Waals surface area contributed by atoms with E-state index in [1.165, 1.54) is 17.0 Å². The first-order valence-corrected chi connectivity index (χ1v) is 11.5.